The Morgan fingerprint density at radius 2 is 2.33 bits per heavy atom. The summed E-state index contributed by atoms with van der Waals surface area (Å²) in [6.07, 6.45) is 3.78. The number of thiophene rings is 1. The fraction of sp³-hybridized carbons (Fsp3) is 0.692. The maximum Gasteiger partial charge on any atom is 0.0417 e. The summed E-state index contributed by atoms with van der Waals surface area (Å²) < 4.78 is 0. The van der Waals surface area contributed by atoms with Crippen LogP contribution in [0.4, 0.5) is 0 Å². The summed E-state index contributed by atoms with van der Waals surface area (Å²) in [6, 6.07) is 2.31. The molecule has 84 valence electrons. The molecule has 0 bridgehead atoms. The van der Waals surface area contributed by atoms with Crippen LogP contribution in [-0.2, 0) is 12.0 Å². The van der Waals surface area contributed by atoms with Crippen LogP contribution in [0.2, 0.25) is 0 Å². The van der Waals surface area contributed by atoms with Gasteiger partial charge in [0.15, 0.2) is 0 Å². The summed E-state index contributed by atoms with van der Waals surface area (Å²) >= 11 is 1.92. The predicted molar refractivity (Wildman–Crippen MR) is 67.4 cm³/mol. The van der Waals surface area contributed by atoms with E-state index in [4.69, 9.17) is 0 Å². The van der Waals surface area contributed by atoms with Gasteiger partial charge in [0.2, 0.25) is 0 Å². The third-order valence-electron chi connectivity index (χ3n) is 3.43. The van der Waals surface area contributed by atoms with Crippen molar-refractivity contribution in [3.05, 3.63) is 21.9 Å². The molecule has 1 unspecified atom stereocenters. The van der Waals surface area contributed by atoms with E-state index < -0.39 is 0 Å². The van der Waals surface area contributed by atoms with E-state index >= 15 is 0 Å². The van der Waals surface area contributed by atoms with Gasteiger partial charge < -0.3 is 5.32 Å². The van der Waals surface area contributed by atoms with Gasteiger partial charge in [-0.3, -0.25) is 0 Å². The molecule has 15 heavy (non-hydrogen) atoms. The first-order valence-electron chi connectivity index (χ1n) is 5.94. The van der Waals surface area contributed by atoms with Gasteiger partial charge in [0.25, 0.3) is 0 Å². The van der Waals surface area contributed by atoms with E-state index in [2.05, 4.69) is 37.5 Å². The molecule has 0 saturated carbocycles. The highest BCUT2D eigenvalue weighted by atomic mass is 32.1. The smallest absolute Gasteiger partial charge is 0.0417 e. The van der Waals surface area contributed by atoms with Crippen LogP contribution in [0, 0.1) is 5.92 Å². The monoisotopic (exact) mass is 223 g/mol. The van der Waals surface area contributed by atoms with E-state index in [1.54, 1.807) is 10.4 Å². The van der Waals surface area contributed by atoms with Crippen LogP contribution in [0.25, 0.3) is 0 Å². The Bertz CT molecular complexity index is 329. The molecule has 1 aliphatic rings. The Balaban J connectivity index is 2.16. The lowest BCUT2D eigenvalue weighted by Gasteiger charge is -2.36. The molecular formula is C13H21NS. The molecule has 0 spiro atoms. The molecule has 2 rings (SSSR count). The van der Waals surface area contributed by atoms with E-state index in [0.717, 1.165) is 12.5 Å². The molecule has 0 radical (unpaired) electrons. The second-order valence-electron chi connectivity index (χ2n) is 5.20. The Morgan fingerprint density at radius 3 is 3.07 bits per heavy atom. The highest BCUT2D eigenvalue weighted by Crippen LogP contribution is 2.35. The maximum absolute atomic E-state index is 3.70. The van der Waals surface area contributed by atoms with Crippen LogP contribution in [-0.4, -0.2) is 6.54 Å². The Kier molecular flexibility index (Phi) is 3.17. The molecule has 2 heterocycles. The molecule has 1 N–H and O–H groups in total. The average molecular weight is 223 g/mol. The third-order valence-corrected chi connectivity index (χ3v) is 4.41. The minimum atomic E-state index is 0.234. The predicted octanol–water partition coefficient (Wildman–Crippen LogP) is 3.55. The van der Waals surface area contributed by atoms with Gasteiger partial charge in [-0.05, 0) is 49.1 Å². The molecule has 0 amide bonds. The lowest BCUT2D eigenvalue weighted by atomic mass is 9.83. The number of rotatable bonds is 3. The highest BCUT2D eigenvalue weighted by Gasteiger charge is 2.31. The molecule has 1 atom stereocenters. The van der Waals surface area contributed by atoms with Crippen molar-refractivity contribution in [3.63, 3.8) is 0 Å². The normalized spacial score (nSPS) is 25.6. The molecule has 0 aromatic carbocycles. The standard InChI is InChI=1S/C13H21NS/c1-10(2)4-7-13(3)11-6-9-15-12(11)5-8-14-13/h6,9-10,14H,4-5,7-8H2,1-3H3. The van der Waals surface area contributed by atoms with Gasteiger partial charge in [0.05, 0.1) is 0 Å². The van der Waals surface area contributed by atoms with Crippen LogP contribution in [0.15, 0.2) is 11.4 Å². The van der Waals surface area contributed by atoms with Crippen molar-refractivity contribution in [3.8, 4) is 0 Å². The van der Waals surface area contributed by atoms with Crippen molar-refractivity contribution < 1.29 is 0 Å². The first kappa shape index (κ1) is 11.2. The number of hydrogen-bond acceptors (Lipinski definition) is 2. The lowest BCUT2D eigenvalue weighted by Crippen LogP contribution is -2.44. The first-order chi connectivity index (χ1) is 7.12. The van der Waals surface area contributed by atoms with E-state index in [1.165, 1.54) is 19.3 Å². The summed E-state index contributed by atoms with van der Waals surface area (Å²) in [5, 5.41) is 5.94. The van der Waals surface area contributed by atoms with Crippen LogP contribution in [0.1, 0.15) is 44.1 Å². The van der Waals surface area contributed by atoms with Crippen molar-refractivity contribution in [2.75, 3.05) is 6.54 Å². The van der Waals surface area contributed by atoms with Crippen LogP contribution < -0.4 is 5.32 Å². The van der Waals surface area contributed by atoms with Gasteiger partial charge in [0, 0.05) is 17.0 Å². The fourth-order valence-electron chi connectivity index (χ4n) is 2.37. The minimum Gasteiger partial charge on any atom is -0.307 e. The Morgan fingerprint density at radius 1 is 1.53 bits per heavy atom. The SMILES string of the molecule is CC(C)CCC1(C)NCCc2sccc21. The Labute approximate surface area is 96.9 Å². The average Bonchev–Trinajstić information content (AvgIpc) is 2.65. The summed E-state index contributed by atoms with van der Waals surface area (Å²) in [4.78, 5) is 1.60. The molecule has 0 fully saturated rings. The molecule has 1 aromatic rings. The summed E-state index contributed by atoms with van der Waals surface area (Å²) in [5.74, 6) is 0.799. The van der Waals surface area contributed by atoms with Crippen molar-refractivity contribution >= 4 is 11.3 Å². The summed E-state index contributed by atoms with van der Waals surface area (Å²) in [7, 11) is 0. The zero-order valence-electron chi connectivity index (χ0n) is 9.97. The summed E-state index contributed by atoms with van der Waals surface area (Å²) in [5.41, 5.74) is 1.79. The lowest BCUT2D eigenvalue weighted by molar-refractivity contribution is 0.301. The zero-order chi connectivity index (χ0) is 10.9. The van der Waals surface area contributed by atoms with Gasteiger partial charge in [0.1, 0.15) is 0 Å². The number of nitrogens with one attached hydrogen (secondary N) is 1. The maximum atomic E-state index is 3.70. The molecule has 2 heteroatoms. The van der Waals surface area contributed by atoms with Crippen molar-refractivity contribution in [2.24, 2.45) is 5.92 Å². The van der Waals surface area contributed by atoms with Gasteiger partial charge in [-0.1, -0.05) is 13.8 Å². The van der Waals surface area contributed by atoms with E-state index in [-0.39, 0.29) is 5.54 Å². The molecule has 1 nitrogen and oxygen atoms in total. The Hall–Kier alpha value is -0.340. The molecule has 1 aromatic heterocycles. The van der Waals surface area contributed by atoms with Crippen molar-refractivity contribution in [2.45, 2.75) is 45.6 Å². The largest absolute Gasteiger partial charge is 0.307 e. The van der Waals surface area contributed by atoms with E-state index in [9.17, 15) is 0 Å². The van der Waals surface area contributed by atoms with Crippen LogP contribution in [0.5, 0.6) is 0 Å². The second-order valence-corrected chi connectivity index (χ2v) is 6.20. The zero-order valence-corrected chi connectivity index (χ0v) is 10.8. The number of fused-ring (bicyclic) bond motifs is 1. The van der Waals surface area contributed by atoms with E-state index in [1.807, 2.05) is 11.3 Å². The van der Waals surface area contributed by atoms with Gasteiger partial charge in [-0.25, -0.2) is 0 Å². The van der Waals surface area contributed by atoms with Gasteiger partial charge >= 0.3 is 0 Å². The molecular weight excluding hydrogens is 202 g/mol. The van der Waals surface area contributed by atoms with Crippen molar-refractivity contribution in [1.82, 2.24) is 5.32 Å². The summed E-state index contributed by atoms with van der Waals surface area (Å²) in [6.45, 7) is 8.11. The minimum absolute atomic E-state index is 0.234. The molecule has 1 aliphatic heterocycles. The highest BCUT2D eigenvalue weighted by molar-refractivity contribution is 7.10. The van der Waals surface area contributed by atoms with Crippen molar-refractivity contribution in [1.29, 1.82) is 0 Å². The van der Waals surface area contributed by atoms with Gasteiger partial charge in [-0.15, -0.1) is 11.3 Å². The quantitative estimate of drug-likeness (QED) is 0.826. The fourth-order valence-corrected chi connectivity index (χ4v) is 3.38. The number of hydrogen-bond donors (Lipinski definition) is 1. The van der Waals surface area contributed by atoms with Crippen LogP contribution >= 0.6 is 11.3 Å². The van der Waals surface area contributed by atoms with Gasteiger partial charge in [-0.2, -0.15) is 0 Å². The second kappa shape index (κ2) is 4.26. The molecule has 0 saturated heterocycles. The van der Waals surface area contributed by atoms with E-state index in [0.29, 0.717) is 0 Å². The third kappa shape index (κ3) is 2.26. The van der Waals surface area contributed by atoms with Crippen LogP contribution in [0.3, 0.4) is 0 Å². The topological polar surface area (TPSA) is 12.0 Å². The first-order valence-corrected chi connectivity index (χ1v) is 6.82. The molecule has 0 aliphatic carbocycles.